The van der Waals surface area contributed by atoms with Gasteiger partial charge in [-0.3, -0.25) is 4.79 Å². The largest absolute Gasteiger partial charge is 0.338 e. The molecule has 4 heteroatoms. The first kappa shape index (κ1) is 15.8. The van der Waals surface area contributed by atoms with E-state index in [1.165, 1.54) is 0 Å². The van der Waals surface area contributed by atoms with E-state index in [1.54, 1.807) is 0 Å². The van der Waals surface area contributed by atoms with E-state index in [2.05, 4.69) is 37.9 Å². The van der Waals surface area contributed by atoms with Gasteiger partial charge in [0.15, 0.2) is 0 Å². The number of halogens is 1. The second-order valence-electron chi connectivity index (χ2n) is 6.76. The molecule has 1 unspecified atom stereocenters. The minimum atomic E-state index is 0. The Labute approximate surface area is 117 Å². The number of carbonyl (C=O) groups excluding carboxylic acids is 1. The highest BCUT2D eigenvalue weighted by molar-refractivity contribution is 5.85. The van der Waals surface area contributed by atoms with Crippen LogP contribution in [0.2, 0.25) is 0 Å². The number of nitrogens with zero attached hydrogens (tertiary/aromatic N) is 1. The Balaban J connectivity index is 0.00000162. The van der Waals surface area contributed by atoms with Crippen LogP contribution in [0, 0.1) is 16.7 Å². The third-order valence-electron chi connectivity index (χ3n) is 5.37. The Morgan fingerprint density at radius 3 is 2.28 bits per heavy atom. The van der Waals surface area contributed by atoms with Gasteiger partial charge >= 0.3 is 0 Å². The molecule has 2 aliphatic rings. The lowest BCUT2D eigenvalue weighted by molar-refractivity contribution is -0.134. The van der Waals surface area contributed by atoms with Crippen LogP contribution in [-0.2, 0) is 4.79 Å². The minimum absolute atomic E-state index is 0. The summed E-state index contributed by atoms with van der Waals surface area (Å²) in [5, 5.41) is 3.20. The van der Waals surface area contributed by atoms with E-state index in [1.807, 2.05) is 7.05 Å². The fourth-order valence-corrected chi connectivity index (χ4v) is 3.55. The second kappa shape index (κ2) is 5.01. The summed E-state index contributed by atoms with van der Waals surface area (Å²) in [5.74, 6) is 0.602. The molecule has 0 aromatic heterocycles. The van der Waals surface area contributed by atoms with Gasteiger partial charge in [-0.15, -0.1) is 12.4 Å². The summed E-state index contributed by atoms with van der Waals surface area (Å²) in [6.45, 7) is 10.8. The van der Waals surface area contributed by atoms with Gasteiger partial charge in [0.2, 0.25) is 5.91 Å². The second-order valence-corrected chi connectivity index (χ2v) is 6.76. The standard InChI is InChI=1S/C14H26N2O.ClH/c1-13(2)11(14(13,3)4)12(17)16-8-6-7-10(16)9-15-5;/h10-11,15H,6-9H2,1-5H3;1H. The number of hydrogen-bond donors (Lipinski definition) is 1. The molecule has 106 valence electrons. The molecular formula is C14H27ClN2O. The van der Waals surface area contributed by atoms with Crippen molar-refractivity contribution in [1.29, 1.82) is 0 Å². The van der Waals surface area contributed by atoms with Gasteiger partial charge in [0.25, 0.3) is 0 Å². The fraction of sp³-hybridized carbons (Fsp3) is 0.929. The van der Waals surface area contributed by atoms with Gasteiger partial charge in [0.05, 0.1) is 0 Å². The highest BCUT2D eigenvalue weighted by atomic mass is 35.5. The molecule has 3 nitrogen and oxygen atoms in total. The molecule has 18 heavy (non-hydrogen) atoms. The lowest BCUT2D eigenvalue weighted by Gasteiger charge is -2.25. The van der Waals surface area contributed by atoms with Crippen LogP contribution in [0.15, 0.2) is 0 Å². The summed E-state index contributed by atoms with van der Waals surface area (Å²) in [7, 11) is 1.96. The first-order valence-corrected chi connectivity index (χ1v) is 6.79. The summed E-state index contributed by atoms with van der Waals surface area (Å²) in [6.07, 6.45) is 2.31. The van der Waals surface area contributed by atoms with E-state index in [0.29, 0.717) is 11.9 Å². The van der Waals surface area contributed by atoms with E-state index in [0.717, 1.165) is 25.9 Å². The number of likely N-dealkylation sites (N-methyl/N-ethyl adjacent to an activating group) is 1. The molecule has 1 amide bonds. The Morgan fingerprint density at radius 1 is 1.28 bits per heavy atom. The van der Waals surface area contributed by atoms with Gasteiger partial charge in [-0.2, -0.15) is 0 Å². The normalized spacial score (nSPS) is 28.9. The van der Waals surface area contributed by atoms with E-state index < -0.39 is 0 Å². The topological polar surface area (TPSA) is 32.3 Å². The predicted octanol–water partition coefficient (Wildman–Crippen LogP) is 2.30. The number of likely N-dealkylation sites (tertiary alicyclic amines) is 1. The van der Waals surface area contributed by atoms with Crippen molar-refractivity contribution in [2.75, 3.05) is 20.1 Å². The van der Waals surface area contributed by atoms with Crippen molar-refractivity contribution in [1.82, 2.24) is 10.2 Å². The Hall–Kier alpha value is -0.280. The van der Waals surface area contributed by atoms with Gasteiger partial charge in [-0.25, -0.2) is 0 Å². The molecule has 2 fully saturated rings. The smallest absolute Gasteiger partial charge is 0.227 e. The lowest BCUT2D eigenvalue weighted by Crippen LogP contribution is -2.42. The van der Waals surface area contributed by atoms with Crippen molar-refractivity contribution < 1.29 is 4.79 Å². The molecule has 1 heterocycles. The maximum atomic E-state index is 12.6. The predicted molar refractivity (Wildman–Crippen MR) is 77.0 cm³/mol. The van der Waals surface area contributed by atoms with Gasteiger partial charge < -0.3 is 10.2 Å². The van der Waals surface area contributed by atoms with Crippen LogP contribution in [0.5, 0.6) is 0 Å². The van der Waals surface area contributed by atoms with Crippen molar-refractivity contribution in [3.05, 3.63) is 0 Å². The molecule has 1 aliphatic carbocycles. The fourth-order valence-electron chi connectivity index (χ4n) is 3.55. The number of nitrogens with one attached hydrogen (secondary N) is 1. The maximum absolute atomic E-state index is 12.6. The number of hydrogen-bond acceptors (Lipinski definition) is 2. The Kier molecular flexibility index (Phi) is 4.39. The number of rotatable bonds is 3. The highest BCUT2D eigenvalue weighted by Crippen LogP contribution is 2.69. The monoisotopic (exact) mass is 274 g/mol. The zero-order valence-electron chi connectivity index (χ0n) is 12.2. The molecule has 1 saturated heterocycles. The molecule has 0 aromatic rings. The molecule has 1 N–H and O–H groups in total. The van der Waals surface area contributed by atoms with Crippen LogP contribution in [-0.4, -0.2) is 37.0 Å². The number of amides is 1. The van der Waals surface area contributed by atoms with Crippen LogP contribution in [0.3, 0.4) is 0 Å². The minimum Gasteiger partial charge on any atom is -0.338 e. The summed E-state index contributed by atoms with van der Waals surface area (Å²) >= 11 is 0. The average Bonchev–Trinajstić information content (AvgIpc) is 2.58. The van der Waals surface area contributed by atoms with Crippen molar-refractivity contribution >= 4 is 18.3 Å². The summed E-state index contributed by atoms with van der Waals surface area (Å²) in [6, 6.07) is 0.416. The summed E-state index contributed by atoms with van der Waals surface area (Å²) < 4.78 is 0. The van der Waals surface area contributed by atoms with Crippen LogP contribution in [0.4, 0.5) is 0 Å². The molecule has 2 rings (SSSR count). The van der Waals surface area contributed by atoms with E-state index in [-0.39, 0.29) is 29.2 Å². The van der Waals surface area contributed by atoms with Crippen LogP contribution >= 0.6 is 12.4 Å². The molecule has 1 aliphatic heterocycles. The first-order valence-electron chi connectivity index (χ1n) is 6.79. The third-order valence-corrected chi connectivity index (χ3v) is 5.37. The molecule has 1 atom stereocenters. The van der Waals surface area contributed by atoms with Crippen LogP contribution in [0.25, 0.3) is 0 Å². The van der Waals surface area contributed by atoms with Crippen molar-refractivity contribution in [3.63, 3.8) is 0 Å². The van der Waals surface area contributed by atoms with E-state index in [4.69, 9.17) is 0 Å². The summed E-state index contributed by atoms with van der Waals surface area (Å²) in [4.78, 5) is 14.7. The number of carbonyl (C=O) groups is 1. The molecular weight excluding hydrogens is 248 g/mol. The average molecular weight is 275 g/mol. The quantitative estimate of drug-likeness (QED) is 0.857. The molecule has 0 aromatic carbocycles. The zero-order valence-corrected chi connectivity index (χ0v) is 13.1. The van der Waals surface area contributed by atoms with Gasteiger partial charge in [0, 0.05) is 25.0 Å². The molecule has 0 bridgehead atoms. The molecule has 1 saturated carbocycles. The maximum Gasteiger partial charge on any atom is 0.227 e. The third kappa shape index (κ3) is 2.16. The van der Waals surface area contributed by atoms with Crippen molar-refractivity contribution in [2.45, 2.75) is 46.6 Å². The first-order chi connectivity index (χ1) is 7.84. The molecule has 0 spiro atoms. The van der Waals surface area contributed by atoms with Crippen molar-refractivity contribution in [3.8, 4) is 0 Å². The Bertz CT molecular complexity index is 314. The highest BCUT2D eigenvalue weighted by Gasteiger charge is 2.69. The molecule has 0 radical (unpaired) electrons. The summed E-state index contributed by atoms with van der Waals surface area (Å²) in [5.41, 5.74) is 0.327. The van der Waals surface area contributed by atoms with Crippen LogP contribution in [0.1, 0.15) is 40.5 Å². The van der Waals surface area contributed by atoms with Gasteiger partial charge in [0.1, 0.15) is 0 Å². The van der Waals surface area contributed by atoms with Gasteiger partial charge in [-0.05, 0) is 30.7 Å². The van der Waals surface area contributed by atoms with Gasteiger partial charge in [-0.1, -0.05) is 27.7 Å². The van der Waals surface area contributed by atoms with Crippen LogP contribution < -0.4 is 5.32 Å². The van der Waals surface area contributed by atoms with Crippen molar-refractivity contribution in [2.24, 2.45) is 16.7 Å². The Morgan fingerprint density at radius 2 is 1.83 bits per heavy atom. The SMILES string of the molecule is CNCC1CCCN1C(=O)C1C(C)(C)C1(C)C.Cl. The van der Waals surface area contributed by atoms with E-state index >= 15 is 0 Å². The zero-order chi connectivity index (χ0) is 12.8. The lowest BCUT2D eigenvalue weighted by atomic mass is 10.0. The van der Waals surface area contributed by atoms with E-state index in [9.17, 15) is 4.79 Å².